The van der Waals surface area contributed by atoms with E-state index in [1.54, 1.807) is 18.4 Å². The minimum atomic E-state index is 0.139. The van der Waals surface area contributed by atoms with Gasteiger partial charge in [0.2, 0.25) is 0 Å². The lowest BCUT2D eigenvalue weighted by Gasteiger charge is -2.07. The highest BCUT2D eigenvalue weighted by molar-refractivity contribution is 7.18. The molecule has 86 valence electrons. The molecule has 0 spiro atoms. The summed E-state index contributed by atoms with van der Waals surface area (Å²) in [5.74, 6) is 0. The number of thiazole rings is 1. The maximum Gasteiger partial charge on any atom is 0.0954 e. The first kappa shape index (κ1) is 11.5. The van der Waals surface area contributed by atoms with Crippen molar-refractivity contribution in [2.75, 3.05) is 13.7 Å². The van der Waals surface area contributed by atoms with Gasteiger partial charge in [-0.2, -0.15) is 0 Å². The molecule has 0 fully saturated rings. The molecular weight excluding hydrogens is 220 g/mol. The average molecular weight is 236 g/mol. The first-order chi connectivity index (χ1) is 7.79. The predicted octanol–water partition coefficient (Wildman–Crippen LogP) is 2.20. The fraction of sp³-hybridized carbons (Fsp3) is 0.417. The van der Waals surface area contributed by atoms with Gasteiger partial charge >= 0.3 is 0 Å². The fourth-order valence-corrected chi connectivity index (χ4v) is 2.66. The zero-order valence-electron chi connectivity index (χ0n) is 9.35. The number of nitrogens with two attached hydrogens (primary N) is 1. The van der Waals surface area contributed by atoms with Crippen molar-refractivity contribution in [1.82, 2.24) is 4.98 Å². The summed E-state index contributed by atoms with van der Waals surface area (Å²) < 4.78 is 6.24. The maximum atomic E-state index is 6.00. The largest absolute Gasteiger partial charge is 0.385 e. The lowest BCUT2D eigenvalue weighted by atomic mass is 10.2. The highest BCUT2D eigenvalue weighted by Crippen LogP contribution is 2.22. The Labute approximate surface area is 99.3 Å². The predicted molar refractivity (Wildman–Crippen MR) is 67.8 cm³/mol. The van der Waals surface area contributed by atoms with Crippen molar-refractivity contribution < 1.29 is 4.74 Å². The molecule has 0 radical (unpaired) electrons. The van der Waals surface area contributed by atoms with E-state index in [2.05, 4.69) is 11.1 Å². The van der Waals surface area contributed by atoms with E-state index in [-0.39, 0.29) is 6.04 Å². The molecule has 0 saturated carbocycles. The van der Waals surface area contributed by atoms with Gasteiger partial charge in [-0.15, -0.1) is 11.3 Å². The molecular formula is C12H16N2OS. The lowest BCUT2D eigenvalue weighted by Crippen LogP contribution is -2.24. The summed E-state index contributed by atoms with van der Waals surface area (Å²) in [4.78, 5) is 4.56. The van der Waals surface area contributed by atoms with Gasteiger partial charge in [-0.1, -0.05) is 12.1 Å². The molecule has 0 aliphatic heterocycles. The molecule has 16 heavy (non-hydrogen) atoms. The number of rotatable bonds is 5. The molecule has 3 nitrogen and oxygen atoms in total. The zero-order valence-corrected chi connectivity index (χ0v) is 10.2. The van der Waals surface area contributed by atoms with Gasteiger partial charge in [0, 0.05) is 26.2 Å². The number of ether oxygens (including phenoxy) is 1. The molecule has 2 N–H and O–H groups in total. The molecule has 0 aliphatic carbocycles. The number of benzene rings is 1. The first-order valence-electron chi connectivity index (χ1n) is 5.38. The van der Waals surface area contributed by atoms with Gasteiger partial charge in [-0.05, 0) is 18.6 Å². The average Bonchev–Trinajstić information content (AvgIpc) is 2.68. The van der Waals surface area contributed by atoms with Crippen molar-refractivity contribution in [3.8, 4) is 0 Å². The van der Waals surface area contributed by atoms with Crippen LogP contribution in [0.4, 0.5) is 0 Å². The van der Waals surface area contributed by atoms with E-state index >= 15 is 0 Å². The Kier molecular flexibility index (Phi) is 3.88. The molecule has 0 aliphatic rings. The number of aromatic nitrogens is 1. The smallest absolute Gasteiger partial charge is 0.0954 e. The third kappa shape index (κ3) is 2.78. The summed E-state index contributed by atoms with van der Waals surface area (Å²) in [5, 5.41) is 1.12. The molecule has 0 bridgehead atoms. The second-order valence-corrected chi connectivity index (χ2v) is 4.94. The van der Waals surface area contributed by atoms with Crippen LogP contribution in [0.1, 0.15) is 11.4 Å². The second kappa shape index (κ2) is 5.39. The Bertz CT molecular complexity index is 422. The summed E-state index contributed by atoms with van der Waals surface area (Å²) in [5.41, 5.74) is 7.07. The van der Waals surface area contributed by atoms with Gasteiger partial charge in [0.25, 0.3) is 0 Å². The van der Waals surface area contributed by atoms with Gasteiger partial charge < -0.3 is 10.5 Å². The summed E-state index contributed by atoms with van der Waals surface area (Å²) in [6, 6.07) is 8.32. The Balaban J connectivity index is 2.03. The van der Waals surface area contributed by atoms with Crippen LogP contribution in [0.15, 0.2) is 24.3 Å². The van der Waals surface area contributed by atoms with Crippen LogP contribution in [0.2, 0.25) is 0 Å². The van der Waals surface area contributed by atoms with Gasteiger partial charge in [-0.3, -0.25) is 0 Å². The van der Waals surface area contributed by atoms with E-state index < -0.39 is 0 Å². The van der Waals surface area contributed by atoms with Crippen LogP contribution in [-0.4, -0.2) is 24.7 Å². The SMILES string of the molecule is COCCC(N)Cc1nc2ccccc2s1. The molecule has 0 saturated heterocycles. The molecule has 1 atom stereocenters. The number of hydrogen-bond acceptors (Lipinski definition) is 4. The Morgan fingerprint density at radius 1 is 1.44 bits per heavy atom. The van der Waals surface area contributed by atoms with Gasteiger partial charge in [-0.25, -0.2) is 4.98 Å². The summed E-state index contributed by atoms with van der Waals surface area (Å²) in [7, 11) is 1.70. The normalized spacial score (nSPS) is 13.1. The molecule has 1 heterocycles. The van der Waals surface area contributed by atoms with Crippen molar-refractivity contribution in [2.45, 2.75) is 18.9 Å². The fourth-order valence-electron chi connectivity index (χ4n) is 1.60. The first-order valence-corrected chi connectivity index (χ1v) is 6.20. The van der Waals surface area contributed by atoms with E-state index in [1.807, 2.05) is 18.2 Å². The molecule has 2 rings (SSSR count). The number of para-hydroxylation sites is 1. The Morgan fingerprint density at radius 2 is 2.25 bits per heavy atom. The maximum absolute atomic E-state index is 6.00. The van der Waals surface area contributed by atoms with Crippen LogP contribution in [0.3, 0.4) is 0 Å². The van der Waals surface area contributed by atoms with Gasteiger partial charge in [0.05, 0.1) is 15.2 Å². The highest BCUT2D eigenvalue weighted by Gasteiger charge is 2.08. The van der Waals surface area contributed by atoms with Crippen molar-refractivity contribution in [1.29, 1.82) is 0 Å². The van der Waals surface area contributed by atoms with E-state index in [9.17, 15) is 0 Å². The molecule has 2 aromatic rings. The molecule has 1 aromatic carbocycles. The van der Waals surface area contributed by atoms with Crippen LogP contribution in [0, 0.1) is 0 Å². The number of fused-ring (bicyclic) bond motifs is 1. The minimum Gasteiger partial charge on any atom is -0.385 e. The van der Waals surface area contributed by atoms with Crippen LogP contribution >= 0.6 is 11.3 Å². The molecule has 1 unspecified atom stereocenters. The summed E-state index contributed by atoms with van der Waals surface area (Å²) in [6.45, 7) is 0.714. The molecule has 4 heteroatoms. The van der Waals surface area contributed by atoms with Crippen LogP contribution in [0.25, 0.3) is 10.2 Å². The summed E-state index contributed by atoms with van der Waals surface area (Å²) >= 11 is 1.73. The quantitative estimate of drug-likeness (QED) is 0.865. The van der Waals surface area contributed by atoms with Crippen molar-refractivity contribution in [3.05, 3.63) is 29.3 Å². The second-order valence-electron chi connectivity index (χ2n) is 3.82. The molecule has 0 amide bonds. The van der Waals surface area contributed by atoms with E-state index in [1.165, 1.54) is 4.70 Å². The van der Waals surface area contributed by atoms with E-state index in [0.717, 1.165) is 23.4 Å². The lowest BCUT2D eigenvalue weighted by molar-refractivity contribution is 0.188. The number of nitrogens with zero attached hydrogens (tertiary/aromatic N) is 1. The third-order valence-corrected chi connectivity index (χ3v) is 3.53. The topological polar surface area (TPSA) is 48.1 Å². The van der Waals surface area contributed by atoms with Crippen molar-refractivity contribution >= 4 is 21.6 Å². The van der Waals surface area contributed by atoms with Gasteiger partial charge in [0.1, 0.15) is 0 Å². The highest BCUT2D eigenvalue weighted by atomic mass is 32.1. The van der Waals surface area contributed by atoms with Crippen LogP contribution in [-0.2, 0) is 11.2 Å². The van der Waals surface area contributed by atoms with Gasteiger partial charge in [0.15, 0.2) is 0 Å². The number of methoxy groups -OCH3 is 1. The number of hydrogen-bond donors (Lipinski definition) is 1. The Hall–Kier alpha value is -0.970. The van der Waals surface area contributed by atoms with Crippen molar-refractivity contribution in [3.63, 3.8) is 0 Å². The van der Waals surface area contributed by atoms with Crippen molar-refractivity contribution in [2.24, 2.45) is 5.73 Å². The zero-order chi connectivity index (χ0) is 11.4. The van der Waals surface area contributed by atoms with Crippen LogP contribution < -0.4 is 5.73 Å². The standard InChI is InChI=1S/C12H16N2OS/c1-15-7-6-9(13)8-12-14-10-4-2-3-5-11(10)16-12/h2-5,9H,6-8,13H2,1H3. The van der Waals surface area contributed by atoms with Crippen LogP contribution in [0.5, 0.6) is 0 Å². The monoisotopic (exact) mass is 236 g/mol. The Morgan fingerprint density at radius 3 is 3.00 bits per heavy atom. The van der Waals surface area contributed by atoms with E-state index in [4.69, 9.17) is 10.5 Å². The minimum absolute atomic E-state index is 0.139. The molecule has 1 aromatic heterocycles. The summed E-state index contributed by atoms with van der Waals surface area (Å²) in [6.07, 6.45) is 1.72. The third-order valence-electron chi connectivity index (χ3n) is 2.47. The van der Waals surface area contributed by atoms with E-state index in [0.29, 0.717) is 6.61 Å².